The number of para-hydroxylation sites is 1. The molecule has 0 amide bonds. The minimum atomic E-state index is -0.186. The molecule has 0 aliphatic rings. The van der Waals surface area contributed by atoms with Crippen molar-refractivity contribution in [2.75, 3.05) is 7.11 Å². The van der Waals surface area contributed by atoms with Crippen molar-refractivity contribution in [3.8, 4) is 17.2 Å². The van der Waals surface area contributed by atoms with Gasteiger partial charge in [-0.25, -0.2) is 0 Å². The lowest BCUT2D eigenvalue weighted by Gasteiger charge is -2.06. The largest absolute Gasteiger partial charge is 0.507 e. The molecular weight excluding hydrogens is 232 g/mol. The van der Waals surface area contributed by atoms with Crippen LogP contribution in [0.5, 0.6) is 5.75 Å². The Bertz CT molecular complexity index is 533. The zero-order chi connectivity index (χ0) is 13.1. The van der Waals surface area contributed by atoms with Crippen molar-refractivity contribution in [3.05, 3.63) is 29.6 Å². The maximum absolute atomic E-state index is 9.95. The number of benzene rings is 1. The fourth-order valence-electron chi connectivity index (χ4n) is 1.76. The van der Waals surface area contributed by atoms with E-state index >= 15 is 0 Å². The first-order chi connectivity index (χ1) is 8.67. The molecule has 1 unspecified atom stereocenters. The number of hydrogen-bond acceptors (Lipinski definition) is 5. The van der Waals surface area contributed by atoms with Crippen LogP contribution in [0.2, 0.25) is 0 Å². The molecular formula is C13H16N2O3. The third kappa shape index (κ3) is 2.22. The van der Waals surface area contributed by atoms with E-state index < -0.39 is 0 Å². The van der Waals surface area contributed by atoms with Crippen LogP contribution in [0.15, 0.2) is 22.7 Å². The highest BCUT2D eigenvalue weighted by Gasteiger charge is 2.18. The SMILES string of the molecule is CCC(OC)c1noc(-c2cccc(C)c2O)n1. The van der Waals surface area contributed by atoms with Gasteiger partial charge in [0.05, 0.1) is 5.56 Å². The highest BCUT2D eigenvalue weighted by atomic mass is 16.5. The number of aromatic nitrogens is 2. The van der Waals surface area contributed by atoms with Crippen LogP contribution in [0.4, 0.5) is 0 Å². The van der Waals surface area contributed by atoms with E-state index in [1.807, 2.05) is 26.0 Å². The van der Waals surface area contributed by atoms with Crippen LogP contribution in [0.1, 0.15) is 30.8 Å². The summed E-state index contributed by atoms with van der Waals surface area (Å²) >= 11 is 0. The second-order valence-corrected chi connectivity index (χ2v) is 4.06. The number of nitrogens with zero attached hydrogens (tertiary/aromatic N) is 2. The predicted octanol–water partition coefficient (Wildman–Crippen LogP) is 2.85. The van der Waals surface area contributed by atoms with Gasteiger partial charge in [0.25, 0.3) is 5.89 Å². The van der Waals surface area contributed by atoms with Crippen molar-refractivity contribution in [2.45, 2.75) is 26.4 Å². The van der Waals surface area contributed by atoms with Crippen LogP contribution < -0.4 is 0 Å². The topological polar surface area (TPSA) is 68.4 Å². The van der Waals surface area contributed by atoms with Gasteiger partial charge in [-0.1, -0.05) is 24.2 Å². The van der Waals surface area contributed by atoms with Crippen molar-refractivity contribution < 1.29 is 14.4 Å². The molecule has 1 aromatic heterocycles. The molecule has 0 radical (unpaired) electrons. The molecule has 1 aromatic carbocycles. The summed E-state index contributed by atoms with van der Waals surface area (Å²) in [5.41, 5.74) is 1.31. The van der Waals surface area contributed by atoms with Gasteiger partial charge in [0.1, 0.15) is 11.9 Å². The van der Waals surface area contributed by atoms with E-state index in [1.54, 1.807) is 13.2 Å². The molecule has 1 atom stereocenters. The first-order valence-corrected chi connectivity index (χ1v) is 5.82. The summed E-state index contributed by atoms with van der Waals surface area (Å²) in [5.74, 6) is 0.968. The van der Waals surface area contributed by atoms with Gasteiger partial charge >= 0.3 is 0 Å². The number of phenols is 1. The lowest BCUT2D eigenvalue weighted by molar-refractivity contribution is 0.0903. The molecule has 18 heavy (non-hydrogen) atoms. The lowest BCUT2D eigenvalue weighted by atomic mass is 10.1. The third-order valence-corrected chi connectivity index (χ3v) is 2.85. The average Bonchev–Trinajstić information content (AvgIpc) is 2.84. The average molecular weight is 248 g/mol. The Labute approximate surface area is 105 Å². The molecule has 5 heteroatoms. The molecule has 0 spiro atoms. The Hall–Kier alpha value is -1.88. The Morgan fingerprint density at radius 1 is 1.44 bits per heavy atom. The Kier molecular flexibility index (Phi) is 3.62. The van der Waals surface area contributed by atoms with E-state index in [2.05, 4.69) is 10.1 Å². The molecule has 96 valence electrons. The molecule has 0 saturated carbocycles. The second kappa shape index (κ2) is 5.18. The van der Waals surface area contributed by atoms with E-state index in [0.29, 0.717) is 17.3 Å². The van der Waals surface area contributed by atoms with Crippen molar-refractivity contribution in [1.82, 2.24) is 10.1 Å². The molecule has 2 aromatic rings. The van der Waals surface area contributed by atoms with Crippen molar-refractivity contribution in [1.29, 1.82) is 0 Å². The number of rotatable bonds is 4. The van der Waals surface area contributed by atoms with Gasteiger partial charge < -0.3 is 14.4 Å². The molecule has 1 N–H and O–H groups in total. The zero-order valence-corrected chi connectivity index (χ0v) is 10.7. The standard InChI is InChI=1S/C13H16N2O3/c1-4-10(17-3)12-14-13(18-15-12)9-7-5-6-8(2)11(9)16/h5-7,10,16H,4H2,1-3H3. The number of ether oxygens (including phenoxy) is 1. The summed E-state index contributed by atoms with van der Waals surface area (Å²) in [6, 6.07) is 5.40. The summed E-state index contributed by atoms with van der Waals surface area (Å²) in [5, 5.41) is 13.8. The minimum absolute atomic E-state index is 0.165. The maximum Gasteiger partial charge on any atom is 0.261 e. The van der Waals surface area contributed by atoms with E-state index in [4.69, 9.17) is 9.26 Å². The molecule has 5 nitrogen and oxygen atoms in total. The normalized spacial score (nSPS) is 12.6. The quantitative estimate of drug-likeness (QED) is 0.901. The maximum atomic E-state index is 9.95. The van der Waals surface area contributed by atoms with Crippen LogP contribution >= 0.6 is 0 Å². The molecule has 0 bridgehead atoms. The van der Waals surface area contributed by atoms with Crippen molar-refractivity contribution in [3.63, 3.8) is 0 Å². The van der Waals surface area contributed by atoms with Gasteiger partial charge in [0, 0.05) is 7.11 Å². The molecule has 0 aliphatic heterocycles. The molecule has 0 fully saturated rings. The number of aryl methyl sites for hydroxylation is 1. The predicted molar refractivity (Wildman–Crippen MR) is 66.2 cm³/mol. The molecule has 2 rings (SSSR count). The fourth-order valence-corrected chi connectivity index (χ4v) is 1.76. The third-order valence-electron chi connectivity index (χ3n) is 2.85. The van der Waals surface area contributed by atoms with Crippen molar-refractivity contribution in [2.24, 2.45) is 0 Å². The van der Waals surface area contributed by atoms with Gasteiger partial charge in [-0.3, -0.25) is 0 Å². The highest BCUT2D eigenvalue weighted by molar-refractivity contribution is 5.64. The van der Waals surface area contributed by atoms with Crippen LogP contribution in [-0.2, 0) is 4.74 Å². The van der Waals surface area contributed by atoms with Crippen molar-refractivity contribution >= 4 is 0 Å². The van der Waals surface area contributed by atoms with E-state index in [0.717, 1.165) is 12.0 Å². The van der Waals surface area contributed by atoms with E-state index in [-0.39, 0.29) is 11.9 Å². The number of aromatic hydroxyl groups is 1. The first kappa shape index (κ1) is 12.6. The molecule has 0 saturated heterocycles. The van der Waals surface area contributed by atoms with Crippen LogP contribution in [-0.4, -0.2) is 22.4 Å². The van der Waals surface area contributed by atoms with Crippen LogP contribution in [0.3, 0.4) is 0 Å². The summed E-state index contributed by atoms with van der Waals surface area (Å²) in [7, 11) is 1.61. The highest BCUT2D eigenvalue weighted by Crippen LogP contribution is 2.31. The molecule has 1 heterocycles. The Morgan fingerprint density at radius 3 is 2.89 bits per heavy atom. The lowest BCUT2D eigenvalue weighted by Crippen LogP contribution is -2.01. The first-order valence-electron chi connectivity index (χ1n) is 5.82. The monoisotopic (exact) mass is 248 g/mol. The zero-order valence-electron chi connectivity index (χ0n) is 10.7. The van der Waals surface area contributed by atoms with Gasteiger partial charge in [-0.05, 0) is 25.0 Å². The second-order valence-electron chi connectivity index (χ2n) is 4.06. The number of phenolic OH excluding ortho intramolecular Hbond substituents is 1. The Morgan fingerprint density at radius 2 is 2.22 bits per heavy atom. The smallest absolute Gasteiger partial charge is 0.261 e. The van der Waals surface area contributed by atoms with Gasteiger partial charge in [-0.15, -0.1) is 0 Å². The van der Waals surface area contributed by atoms with Gasteiger partial charge in [-0.2, -0.15) is 4.98 Å². The van der Waals surface area contributed by atoms with E-state index in [1.165, 1.54) is 0 Å². The summed E-state index contributed by atoms with van der Waals surface area (Å²) < 4.78 is 10.4. The summed E-state index contributed by atoms with van der Waals surface area (Å²) in [6.07, 6.45) is 0.574. The Balaban J connectivity index is 2.38. The fraction of sp³-hybridized carbons (Fsp3) is 0.385. The van der Waals surface area contributed by atoms with Gasteiger partial charge in [0.15, 0.2) is 0 Å². The number of hydrogen-bond donors (Lipinski definition) is 1. The summed E-state index contributed by atoms with van der Waals surface area (Å²) in [6.45, 7) is 3.80. The minimum Gasteiger partial charge on any atom is -0.507 e. The van der Waals surface area contributed by atoms with E-state index in [9.17, 15) is 5.11 Å². The van der Waals surface area contributed by atoms with Crippen LogP contribution in [0.25, 0.3) is 11.5 Å². The number of methoxy groups -OCH3 is 1. The van der Waals surface area contributed by atoms with Crippen LogP contribution in [0, 0.1) is 6.92 Å². The summed E-state index contributed by atoms with van der Waals surface area (Å²) in [4.78, 5) is 4.26. The molecule has 0 aliphatic carbocycles. The van der Waals surface area contributed by atoms with Gasteiger partial charge in [0.2, 0.25) is 5.82 Å².